The molecular formula is C16H10Cl2N2O. The van der Waals surface area contributed by atoms with Crippen molar-refractivity contribution in [3.63, 3.8) is 0 Å². The molecule has 0 aliphatic heterocycles. The van der Waals surface area contributed by atoms with Crippen LogP contribution in [-0.4, -0.2) is 15.1 Å². The summed E-state index contributed by atoms with van der Waals surface area (Å²) in [7, 11) is 0. The van der Waals surface area contributed by atoms with E-state index < -0.39 is 0 Å². The quantitative estimate of drug-likeness (QED) is 0.737. The van der Waals surface area contributed by atoms with Crippen molar-refractivity contribution in [3.8, 4) is 28.4 Å². The number of aromatic nitrogens is 2. The summed E-state index contributed by atoms with van der Waals surface area (Å²) in [6.07, 6.45) is 1.68. The Bertz CT molecular complexity index is 789. The SMILES string of the molecule is Oc1ccc(-c2nccc(-c3ccc(Cl)cc3Cl)n2)cc1. The molecule has 5 heteroatoms. The average Bonchev–Trinajstić information content (AvgIpc) is 2.48. The minimum Gasteiger partial charge on any atom is -0.508 e. The number of nitrogens with zero attached hydrogens (tertiary/aromatic N) is 2. The minimum atomic E-state index is 0.204. The van der Waals surface area contributed by atoms with E-state index in [2.05, 4.69) is 9.97 Å². The Kier molecular flexibility index (Phi) is 3.78. The summed E-state index contributed by atoms with van der Waals surface area (Å²) in [5.74, 6) is 0.772. The molecule has 0 radical (unpaired) electrons. The topological polar surface area (TPSA) is 46.0 Å². The summed E-state index contributed by atoms with van der Waals surface area (Å²) in [5.41, 5.74) is 2.33. The van der Waals surface area contributed by atoms with E-state index in [0.717, 1.165) is 16.8 Å². The first kappa shape index (κ1) is 13.9. The summed E-state index contributed by atoms with van der Waals surface area (Å²) in [4.78, 5) is 8.76. The van der Waals surface area contributed by atoms with Crippen molar-refractivity contribution in [1.29, 1.82) is 0 Å². The first-order chi connectivity index (χ1) is 10.1. The molecule has 1 N–H and O–H groups in total. The molecule has 2 aromatic carbocycles. The maximum atomic E-state index is 9.33. The maximum absolute atomic E-state index is 9.33. The largest absolute Gasteiger partial charge is 0.508 e. The van der Waals surface area contributed by atoms with Crippen LogP contribution >= 0.6 is 23.2 Å². The van der Waals surface area contributed by atoms with Crippen LogP contribution in [0.2, 0.25) is 10.0 Å². The second-order valence-corrected chi connectivity index (χ2v) is 5.28. The normalized spacial score (nSPS) is 10.6. The van der Waals surface area contributed by atoms with Gasteiger partial charge >= 0.3 is 0 Å². The van der Waals surface area contributed by atoms with Crippen molar-refractivity contribution in [2.24, 2.45) is 0 Å². The highest BCUT2D eigenvalue weighted by atomic mass is 35.5. The van der Waals surface area contributed by atoms with Gasteiger partial charge in [0.05, 0.1) is 10.7 Å². The number of aromatic hydroxyl groups is 1. The second kappa shape index (κ2) is 5.72. The Labute approximate surface area is 131 Å². The maximum Gasteiger partial charge on any atom is 0.159 e. The molecule has 104 valence electrons. The number of benzene rings is 2. The molecule has 0 fully saturated rings. The third-order valence-corrected chi connectivity index (χ3v) is 3.54. The van der Waals surface area contributed by atoms with Gasteiger partial charge in [-0.1, -0.05) is 23.2 Å². The van der Waals surface area contributed by atoms with Gasteiger partial charge in [0.25, 0.3) is 0 Å². The van der Waals surface area contributed by atoms with Crippen molar-refractivity contribution in [2.75, 3.05) is 0 Å². The fraction of sp³-hybridized carbons (Fsp3) is 0. The molecular weight excluding hydrogens is 307 g/mol. The van der Waals surface area contributed by atoms with Crippen LogP contribution in [0.3, 0.4) is 0 Å². The van der Waals surface area contributed by atoms with Gasteiger partial charge in [0.1, 0.15) is 5.75 Å². The zero-order valence-electron chi connectivity index (χ0n) is 10.8. The Morgan fingerprint density at radius 2 is 1.67 bits per heavy atom. The van der Waals surface area contributed by atoms with Crippen molar-refractivity contribution >= 4 is 23.2 Å². The lowest BCUT2D eigenvalue weighted by Crippen LogP contribution is -1.92. The standard InChI is InChI=1S/C16H10Cl2N2O/c17-11-3-6-13(14(18)9-11)15-7-8-19-16(20-15)10-1-4-12(21)5-2-10/h1-9,21H. The number of hydrogen-bond acceptors (Lipinski definition) is 3. The highest BCUT2D eigenvalue weighted by molar-refractivity contribution is 6.36. The van der Waals surface area contributed by atoms with Gasteiger partial charge in [0.15, 0.2) is 5.82 Å². The zero-order chi connectivity index (χ0) is 14.8. The van der Waals surface area contributed by atoms with Gasteiger partial charge in [-0.25, -0.2) is 9.97 Å². The van der Waals surface area contributed by atoms with Gasteiger partial charge in [0, 0.05) is 22.3 Å². The number of hydrogen-bond donors (Lipinski definition) is 1. The third-order valence-electron chi connectivity index (χ3n) is 2.99. The van der Waals surface area contributed by atoms with Gasteiger partial charge in [-0.2, -0.15) is 0 Å². The van der Waals surface area contributed by atoms with Crippen LogP contribution in [0.15, 0.2) is 54.7 Å². The molecule has 0 amide bonds. The summed E-state index contributed by atoms with van der Waals surface area (Å²) < 4.78 is 0. The molecule has 0 saturated carbocycles. The molecule has 0 bridgehead atoms. The first-order valence-corrected chi connectivity index (χ1v) is 6.97. The Morgan fingerprint density at radius 3 is 2.38 bits per heavy atom. The van der Waals surface area contributed by atoms with Gasteiger partial charge in [-0.3, -0.25) is 0 Å². The lowest BCUT2D eigenvalue weighted by molar-refractivity contribution is 0.475. The molecule has 1 aromatic heterocycles. The van der Waals surface area contributed by atoms with E-state index in [9.17, 15) is 5.11 Å². The summed E-state index contributed by atoms with van der Waals surface area (Å²) >= 11 is 12.1. The molecule has 3 aromatic rings. The van der Waals surface area contributed by atoms with Crippen LogP contribution in [0.1, 0.15) is 0 Å². The molecule has 21 heavy (non-hydrogen) atoms. The van der Waals surface area contributed by atoms with E-state index in [1.54, 1.807) is 48.7 Å². The first-order valence-electron chi connectivity index (χ1n) is 6.21. The Balaban J connectivity index is 2.05. The zero-order valence-corrected chi connectivity index (χ0v) is 12.3. The molecule has 0 saturated heterocycles. The van der Waals surface area contributed by atoms with E-state index in [1.165, 1.54) is 0 Å². The highest BCUT2D eigenvalue weighted by Gasteiger charge is 2.08. The number of halogens is 2. The lowest BCUT2D eigenvalue weighted by atomic mass is 10.1. The molecule has 0 spiro atoms. The van der Waals surface area contributed by atoms with Crippen LogP contribution in [-0.2, 0) is 0 Å². The number of phenolic OH excluding ortho intramolecular Hbond substituents is 1. The van der Waals surface area contributed by atoms with E-state index in [-0.39, 0.29) is 5.75 Å². The number of phenols is 1. The number of rotatable bonds is 2. The predicted molar refractivity (Wildman–Crippen MR) is 84.6 cm³/mol. The van der Waals surface area contributed by atoms with E-state index >= 15 is 0 Å². The molecule has 0 unspecified atom stereocenters. The van der Waals surface area contributed by atoms with E-state index in [4.69, 9.17) is 23.2 Å². The van der Waals surface area contributed by atoms with Crippen LogP contribution in [0.4, 0.5) is 0 Å². The smallest absolute Gasteiger partial charge is 0.159 e. The van der Waals surface area contributed by atoms with Crippen molar-refractivity contribution in [2.45, 2.75) is 0 Å². The third kappa shape index (κ3) is 2.99. The Morgan fingerprint density at radius 1 is 0.905 bits per heavy atom. The highest BCUT2D eigenvalue weighted by Crippen LogP contribution is 2.30. The van der Waals surface area contributed by atoms with E-state index in [1.807, 2.05) is 6.07 Å². The van der Waals surface area contributed by atoms with Gasteiger partial charge < -0.3 is 5.11 Å². The molecule has 0 aliphatic rings. The molecule has 1 heterocycles. The average molecular weight is 317 g/mol. The lowest BCUT2D eigenvalue weighted by Gasteiger charge is -2.06. The van der Waals surface area contributed by atoms with Gasteiger partial charge in [-0.15, -0.1) is 0 Å². The van der Waals surface area contributed by atoms with Crippen molar-refractivity contribution in [1.82, 2.24) is 9.97 Å². The monoisotopic (exact) mass is 316 g/mol. The molecule has 0 atom stereocenters. The van der Waals surface area contributed by atoms with Gasteiger partial charge in [0.2, 0.25) is 0 Å². The fourth-order valence-electron chi connectivity index (χ4n) is 1.96. The van der Waals surface area contributed by atoms with Gasteiger partial charge in [-0.05, 0) is 48.5 Å². The van der Waals surface area contributed by atoms with E-state index in [0.29, 0.717) is 15.9 Å². The van der Waals surface area contributed by atoms with Crippen LogP contribution in [0.25, 0.3) is 22.6 Å². The summed E-state index contributed by atoms with van der Waals surface area (Å²) in [5, 5.41) is 10.4. The van der Waals surface area contributed by atoms with Crippen LogP contribution in [0, 0.1) is 0 Å². The predicted octanol–water partition coefficient (Wildman–Crippen LogP) is 4.82. The minimum absolute atomic E-state index is 0.204. The molecule has 3 nitrogen and oxygen atoms in total. The fourth-order valence-corrected chi connectivity index (χ4v) is 2.46. The molecule has 3 rings (SSSR count). The summed E-state index contributed by atoms with van der Waals surface area (Å²) in [6, 6.07) is 13.8. The molecule has 0 aliphatic carbocycles. The van der Waals surface area contributed by atoms with Crippen LogP contribution in [0.5, 0.6) is 5.75 Å². The van der Waals surface area contributed by atoms with Crippen molar-refractivity contribution < 1.29 is 5.11 Å². The second-order valence-electron chi connectivity index (χ2n) is 4.44. The van der Waals surface area contributed by atoms with Crippen molar-refractivity contribution in [3.05, 3.63) is 64.8 Å². The summed E-state index contributed by atoms with van der Waals surface area (Å²) in [6.45, 7) is 0. The van der Waals surface area contributed by atoms with Crippen LogP contribution < -0.4 is 0 Å². The Hall–Kier alpha value is -2.10.